The van der Waals surface area contributed by atoms with Crippen LogP contribution in [0.15, 0.2) is 30.3 Å². The first-order valence-electron chi connectivity index (χ1n) is 5.56. The SMILES string of the molecule is NNC(=O)[C@H]1CCN(Cc2ccccc2)C1. The van der Waals surface area contributed by atoms with Crippen molar-refractivity contribution in [1.29, 1.82) is 0 Å². The van der Waals surface area contributed by atoms with Gasteiger partial charge in [0, 0.05) is 13.1 Å². The molecule has 0 aliphatic carbocycles. The molecule has 1 heterocycles. The minimum atomic E-state index is -0.0458. The van der Waals surface area contributed by atoms with Crippen molar-refractivity contribution in [3.05, 3.63) is 35.9 Å². The number of hydrogen-bond donors (Lipinski definition) is 2. The fourth-order valence-corrected chi connectivity index (χ4v) is 2.15. The van der Waals surface area contributed by atoms with Crippen LogP contribution >= 0.6 is 0 Å². The molecule has 1 saturated heterocycles. The second-order valence-electron chi connectivity index (χ2n) is 4.21. The summed E-state index contributed by atoms with van der Waals surface area (Å²) in [5.74, 6) is 5.14. The molecule has 1 fully saturated rings. The molecule has 86 valence electrons. The predicted molar refractivity (Wildman–Crippen MR) is 62.2 cm³/mol. The summed E-state index contributed by atoms with van der Waals surface area (Å²) in [7, 11) is 0. The van der Waals surface area contributed by atoms with E-state index < -0.39 is 0 Å². The number of amides is 1. The molecule has 3 N–H and O–H groups in total. The lowest BCUT2D eigenvalue weighted by molar-refractivity contribution is -0.124. The van der Waals surface area contributed by atoms with Gasteiger partial charge in [0.1, 0.15) is 0 Å². The number of likely N-dealkylation sites (tertiary alicyclic amines) is 1. The lowest BCUT2D eigenvalue weighted by Crippen LogP contribution is -2.37. The third-order valence-electron chi connectivity index (χ3n) is 3.03. The number of nitrogens with zero attached hydrogens (tertiary/aromatic N) is 1. The highest BCUT2D eigenvalue weighted by molar-refractivity contribution is 5.78. The van der Waals surface area contributed by atoms with Crippen molar-refractivity contribution in [2.75, 3.05) is 13.1 Å². The standard InChI is InChI=1S/C12H17N3O/c13-14-12(16)11-6-7-15(9-11)8-10-4-2-1-3-5-10/h1-5,11H,6-9,13H2,(H,14,16)/t11-/m0/s1. The van der Waals surface area contributed by atoms with E-state index in [9.17, 15) is 4.79 Å². The van der Waals surface area contributed by atoms with Crippen molar-refractivity contribution < 1.29 is 4.79 Å². The molecule has 1 amide bonds. The minimum Gasteiger partial charge on any atom is -0.298 e. The fourth-order valence-electron chi connectivity index (χ4n) is 2.15. The van der Waals surface area contributed by atoms with Gasteiger partial charge in [-0.1, -0.05) is 30.3 Å². The van der Waals surface area contributed by atoms with Crippen LogP contribution in [-0.4, -0.2) is 23.9 Å². The van der Waals surface area contributed by atoms with E-state index in [1.54, 1.807) is 0 Å². The van der Waals surface area contributed by atoms with Crippen LogP contribution in [0.3, 0.4) is 0 Å². The summed E-state index contributed by atoms with van der Waals surface area (Å²) < 4.78 is 0. The number of benzene rings is 1. The maximum atomic E-state index is 11.3. The zero-order valence-corrected chi connectivity index (χ0v) is 9.23. The Bertz CT molecular complexity index is 353. The molecule has 4 nitrogen and oxygen atoms in total. The third-order valence-corrected chi connectivity index (χ3v) is 3.03. The molecule has 4 heteroatoms. The summed E-state index contributed by atoms with van der Waals surface area (Å²) in [6.07, 6.45) is 0.899. The molecule has 0 radical (unpaired) electrons. The summed E-state index contributed by atoms with van der Waals surface area (Å²) in [5.41, 5.74) is 3.51. The molecule has 16 heavy (non-hydrogen) atoms. The van der Waals surface area contributed by atoms with Crippen LogP contribution in [0, 0.1) is 5.92 Å². The Morgan fingerprint density at radius 1 is 1.44 bits per heavy atom. The number of carbonyl (C=O) groups is 1. The first-order valence-corrected chi connectivity index (χ1v) is 5.56. The number of hydrogen-bond acceptors (Lipinski definition) is 3. The first-order chi connectivity index (χ1) is 7.79. The van der Waals surface area contributed by atoms with Crippen molar-refractivity contribution >= 4 is 5.91 Å². The summed E-state index contributed by atoms with van der Waals surface area (Å²) >= 11 is 0. The number of rotatable bonds is 3. The van der Waals surface area contributed by atoms with E-state index in [1.807, 2.05) is 18.2 Å². The maximum absolute atomic E-state index is 11.3. The van der Waals surface area contributed by atoms with Gasteiger partial charge in [0.25, 0.3) is 0 Å². The van der Waals surface area contributed by atoms with Crippen LogP contribution in [-0.2, 0) is 11.3 Å². The summed E-state index contributed by atoms with van der Waals surface area (Å²) in [5, 5.41) is 0. The predicted octanol–water partition coefficient (Wildman–Crippen LogP) is 0.498. The van der Waals surface area contributed by atoms with E-state index in [0.29, 0.717) is 0 Å². The van der Waals surface area contributed by atoms with Crippen molar-refractivity contribution in [2.45, 2.75) is 13.0 Å². The Labute approximate surface area is 95.4 Å². The van der Waals surface area contributed by atoms with Crippen LogP contribution in [0.2, 0.25) is 0 Å². The Morgan fingerprint density at radius 3 is 2.88 bits per heavy atom. The zero-order chi connectivity index (χ0) is 11.4. The molecular weight excluding hydrogens is 202 g/mol. The summed E-state index contributed by atoms with van der Waals surface area (Å²) in [6, 6.07) is 10.3. The molecule has 0 bridgehead atoms. The van der Waals surface area contributed by atoms with Crippen LogP contribution in [0.4, 0.5) is 0 Å². The van der Waals surface area contributed by atoms with Gasteiger partial charge < -0.3 is 0 Å². The fraction of sp³-hybridized carbons (Fsp3) is 0.417. The highest BCUT2D eigenvalue weighted by Gasteiger charge is 2.27. The van der Waals surface area contributed by atoms with Gasteiger partial charge in [-0.2, -0.15) is 0 Å². The number of nitrogens with two attached hydrogens (primary N) is 1. The Kier molecular flexibility index (Phi) is 3.54. The van der Waals surface area contributed by atoms with E-state index in [2.05, 4.69) is 22.5 Å². The van der Waals surface area contributed by atoms with Gasteiger partial charge in [-0.15, -0.1) is 0 Å². The third kappa shape index (κ3) is 2.59. The number of hydrazine groups is 1. The highest BCUT2D eigenvalue weighted by Crippen LogP contribution is 2.18. The molecule has 1 atom stereocenters. The Hall–Kier alpha value is -1.39. The number of carbonyl (C=O) groups excluding carboxylic acids is 1. The molecule has 1 aromatic carbocycles. The zero-order valence-electron chi connectivity index (χ0n) is 9.23. The van der Waals surface area contributed by atoms with Gasteiger partial charge >= 0.3 is 0 Å². The van der Waals surface area contributed by atoms with Crippen molar-refractivity contribution in [3.8, 4) is 0 Å². The quantitative estimate of drug-likeness (QED) is 0.442. The number of nitrogens with one attached hydrogen (secondary N) is 1. The van der Waals surface area contributed by atoms with Crippen molar-refractivity contribution in [1.82, 2.24) is 10.3 Å². The summed E-state index contributed by atoms with van der Waals surface area (Å²) in [4.78, 5) is 13.6. The molecule has 0 spiro atoms. The lowest BCUT2D eigenvalue weighted by atomic mass is 10.1. The average Bonchev–Trinajstić information content (AvgIpc) is 2.78. The molecule has 0 unspecified atom stereocenters. The van der Waals surface area contributed by atoms with Crippen molar-refractivity contribution in [2.24, 2.45) is 11.8 Å². The summed E-state index contributed by atoms with van der Waals surface area (Å²) in [6.45, 7) is 2.68. The smallest absolute Gasteiger partial charge is 0.238 e. The van der Waals surface area contributed by atoms with E-state index in [0.717, 1.165) is 26.1 Å². The van der Waals surface area contributed by atoms with Crippen LogP contribution in [0.1, 0.15) is 12.0 Å². The van der Waals surface area contributed by atoms with E-state index in [-0.39, 0.29) is 11.8 Å². The minimum absolute atomic E-state index is 0.0458. The normalized spacial score (nSPS) is 20.9. The first kappa shape index (κ1) is 11.1. The van der Waals surface area contributed by atoms with Crippen molar-refractivity contribution in [3.63, 3.8) is 0 Å². The van der Waals surface area contributed by atoms with E-state index in [4.69, 9.17) is 5.84 Å². The molecule has 0 saturated carbocycles. The molecule has 1 aromatic rings. The van der Waals surface area contributed by atoms with Crippen LogP contribution < -0.4 is 11.3 Å². The van der Waals surface area contributed by atoms with Gasteiger partial charge in [0.2, 0.25) is 5.91 Å². The van der Waals surface area contributed by atoms with Gasteiger partial charge in [-0.25, -0.2) is 5.84 Å². The van der Waals surface area contributed by atoms with Gasteiger partial charge in [-0.05, 0) is 18.5 Å². The van der Waals surface area contributed by atoms with Gasteiger partial charge in [-0.3, -0.25) is 15.1 Å². The van der Waals surface area contributed by atoms with Gasteiger partial charge in [0.05, 0.1) is 5.92 Å². The van der Waals surface area contributed by atoms with Crippen LogP contribution in [0.5, 0.6) is 0 Å². The highest BCUT2D eigenvalue weighted by atomic mass is 16.2. The molecule has 2 rings (SSSR count). The Balaban J connectivity index is 1.88. The van der Waals surface area contributed by atoms with E-state index in [1.165, 1.54) is 5.56 Å². The average molecular weight is 219 g/mol. The second-order valence-corrected chi connectivity index (χ2v) is 4.21. The van der Waals surface area contributed by atoms with E-state index >= 15 is 0 Å². The lowest BCUT2D eigenvalue weighted by Gasteiger charge is -2.15. The largest absolute Gasteiger partial charge is 0.298 e. The van der Waals surface area contributed by atoms with Crippen LogP contribution in [0.25, 0.3) is 0 Å². The van der Waals surface area contributed by atoms with Gasteiger partial charge in [0.15, 0.2) is 0 Å². The molecule has 1 aliphatic heterocycles. The Morgan fingerprint density at radius 2 is 2.19 bits per heavy atom. The monoisotopic (exact) mass is 219 g/mol. The molecule has 0 aromatic heterocycles. The topological polar surface area (TPSA) is 58.4 Å². The molecular formula is C12H17N3O. The second kappa shape index (κ2) is 5.09. The maximum Gasteiger partial charge on any atom is 0.238 e. The molecule has 1 aliphatic rings.